The van der Waals surface area contributed by atoms with Gasteiger partial charge in [0.15, 0.2) is 17.5 Å². The van der Waals surface area contributed by atoms with Gasteiger partial charge in [0.2, 0.25) is 0 Å². The first kappa shape index (κ1) is 24.9. The van der Waals surface area contributed by atoms with Crippen LogP contribution in [0.4, 0.5) is 8.78 Å². The van der Waals surface area contributed by atoms with Gasteiger partial charge in [-0.05, 0) is 23.3 Å². The summed E-state index contributed by atoms with van der Waals surface area (Å²) in [7, 11) is 0. The van der Waals surface area contributed by atoms with Gasteiger partial charge in [-0.3, -0.25) is 0 Å². The van der Waals surface area contributed by atoms with Crippen LogP contribution in [-0.2, 0) is 45.8 Å². The van der Waals surface area contributed by atoms with E-state index in [0.717, 1.165) is 28.6 Å². The SMILES string of the molecule is CC.O=C(NCc1ccc(F)c(F)c1)c1[c-]n(Cc2ccccc2)c2ccccc12.[Y]. The minimum Gasteiger partial charge on any atom is -0.429 e. The number of hydrogen-bond acceptors (Lipinski definition) is 1. The minimum absolute atomic E-state index is 0. The number of rotatable bonds is 5. The Morgan fingerprint density at radius 3 is 2.29 bits per heavy atom. The smallest absolute Gasteiger partial charge is 0.166 e. The van der Waals surface area contributed by atoms with Crippen LogP contribution in [0.1, 0.15) is 35.3 Å². The Labute approximate surface area is 206 Å². The van der Waals surface area contributed by atoms with Gasteiger partial charge in [-0.1, -0.05) is 85.7 Å². The zero-order valence-corrected chi connectivity index (χ0v) is 20.4. The van der Waals surface area contributed by atoms with Gasteiger partial charge >= 0.3 is 0 Å². The number of amides is 1. The second kappa shape index (κ2) is 11.9. The van der Waals surface area contributed by atoms with Crippen LogP contribution in [0.25, 0.3) is 10.9 Å². The van der Waals surface area contributed by atoms with Crippen molar-refractivity contribution in [3.63, 3.8) is 0 Å². The minimum atomic E-state index is -0.933. The number of benzene rings is 3. The molecule has 0 aliphatic carbocycles. The molecule has 0 fully saturated rings. The third-order valence-electron chi connectivity index (χ3n) is 4.56. The van der Waals surface area contributed by atoms with Crippen LogP contribution in [0, 0.1) is 17.8 Å². The molecule has 1 heterocycles. The molecule has 1 amide bonds. The number of nitrogens with one attached hydrogen (secondary N) is 1. The van der Waals surface area contributed by atoms with Gasteiger partial charge in [-0.2, -0.15) is 0 Å². The van der Waals surface area contributed by atoms with Crippen molar-refractivity contribution in [1.29, 1.82) is 0 Å². The molecular formula is C25H23F2N2OY-. The molecule has 1 radical (unpaired) electrons. The van der Waals surface area contributed by atoms with Crippen molar-refractivity contribution in [2.75, 3.05) is 0 Å². The Hall–Kier alpha value is -2.37. The van der Waals surface area contributed by atoms with E-state index >= 15 is 0 Å². The predicted octanol–water partition coefficient (Wildman–Crippen LogP) is 5.72. The molecule has 3 aromatic carbocycles. The van der Waals surface area contributed by atoms with Crippen molar-refractivity contribution in [3.05, 3.63) is 107 Å². The van der Waals surface area contributed by atoms with Crippen LogP contribution >= 0.6 is 0 Å². The monoisotopic (exact) mass is 494 g/mol. The van der Waals surface area contributed by atoms with Gasteiger partial charge in [0.25, 0.3) is 0 Å². The number of carbonyl (C=O) groups is 1. The largest absolute Gasteiger partial charge is 0.429 e. The number of halogens is 2. The average molecular weight is 494 g/mol. The molecule has 0 saturated carbocycles. The van der Waals surface area contributed by atoms with Crippen molar-refractivity contribution >= 4 is 16.8 Å². The van der Waals surface area contributed by atoms with Crippen molar-refractivity contribution < 1.29 is 46.3 Å². The molecular weight excluding hydrogens is 471 g/mol. The maximum atomic E-state index is 13.3. The third-order valence-corrected chi connectivity index (χ3v) is 4.56. The van der Waals surface area contributed by atoms with Crippen LogP contribution in [0.3, 0.4) is 0 Å². The number of fused-ring (bicyclic) bond motifs is 1. The Balaban J connectivity index is 0.00000111. The van der Waals surface area contributed by atoms with E-state index in [-0.39, 0.29) is 45.2 Å². The fourth-order valence-electron chi connectivity index (χ4n) is 3.16. The molecule has 0 saturated heterocycles. The first-order valence-corrected chi connectivity index (χ1v) is 9.88. The van der Waals surface area contributed by atoms with Gasteiger partial charge in [-0.15, -0.1) is 11.5 Å². The van der Waals surface area contributed by atoms with E-state index in [0.29, 0.717) is 17.7 Å². The number of aromatic nitrogens is 1. The molecule has 1 aromatic heterocycles. The van der Waals surface area contributed by atoms with Crippen molar-refractivity contribution in [3.8, 4) is 0 Å². The standard InChI is InChI=1S/C23H17F2N2O.C2H6.Y/c24-20-11-10-17(12-21(20)25)13-26-23(28)19-15-27(14-16-6-2-1-3-7-16)22-9-5-4-8-18(19)22;1-2;/h1-12H,13-14H2,(H,26,28);1-2H3;/q-1;;. The fraction of sp³-hybridized carbons (Fsp3) is 0.160. The molecule has 157 valence electrons. The van der Waals surface area contributed by atoms with Crippen molar-refractivity contribution in [2.24, 2.45) is 0 Å². The predicted molar refractivity (Wildman–Crippen MR) is 115 cm³/mol. The van der Waals surface area contributed by atoms with Crippen LogP contribution in [0.15, 0.2) is 72.8 Å². The Morgan fingerprint density at radius 2 is 1.58 bits per heavy atom. The maximum Gasteiger partial charge on any atom is 0.166 e. The van der Waals surface area contributed by atoms with E-state index in [2.05, 4.69) is 11.5 Å². The molecule has 0 aliphatic heterocycles. The maximum absolute atomic E-state index is 13.3. The summed E-state index contributed by atoms with van der Waals surface area (Å²) >= 11 is 0. The molecule has 6 heteroatoms. The molecule has 3 nitrogen and oxygen atoms in total. The first-order valence-electron chi connectivity index (χ1n) is 9.88. The molecule has 31 heavy (non-hydrogen) atoms. The second-order valence-electron chi connectivity index (χ2n) is 6.51. The summed E-state index contributed by atoms with van der Waals surface area (Å²) < 4.78 is 28.3. The van der Waals surface area contributed by atoms with E-state index in [1.54, 1.807) is 0 Å². The Bertz CT molecular complexity index is 1140. The van der Waals surface area contributed by atoms with E-state index in [1.165, 1.54) is 6.07 Å². The summed E-state index contributed by atoms with van der Waals surface area (Å²) in [5.41, 5.74) is 2.92. The van der Waals surface area contributed by atoms with Gasteiger partial charge in [-0.25, -0.2) is 8.78 Å². The van der Waals surface area contributed by atoms with Gasteiger partial charge < -0.3 is 14.7 Å². The van der Waals surface area contributed by atoms with E-state index in [4.69, 9.17) is 0 Å². The zero-order valence-electron chi connectivity index (χ0n) is 17.5. The Kier molecular flexibility index (Phi) is 9.54. The number of nitrogens with zero attached hydrogens (tertiary/aromatic N) is 1. The molecule has 4 aromatic rings. The number of hydrogen-bond donors (Lipinski definition) is 1. The van der Waals surface area contributed by atoms with Crippen LogP contribution in [-0.4, -0.2) is 10.5 Å². The summed E-state index contributed by atoms with van der Waals surface area (Å²) in [6.45, 7) is 4.69. The second-order valence-corrected chi connectivity index (χ2v) is 6.51. The summed E-state index contributed by atoms with van der Waals surface area (Å²) in [6.07, 6.45) is 3.17. The van der Waals surface area contributed by atoms with E-state index in [1.807, 2.05) is 73.0 Å². The summed E-state index contributed by atoms with van der Waals surface area (Å²) in [5.74, 6) is -2.15. The average Bonchev–Trinajstić information content (AvgIpc) is 3.15. The summed E-state index contributed by atoms with van der Waals surface area (Å²) in [6, 6.07) is 21.1. The molecule has 1 N–H and O–H groups in total. The van der Waals surface area contributed by atoms with Crippen LogP contribution in [0.5, 0.6) is 0 Å². The Morgan fingerprint density at radius 1 is 0.903 bits per heavy atom. The quantitative estimate of drug-likeness (QED) is 0.354. The molecule has 0 atom stereocenters. The van der Waals surface area contributed by atoms with Crippen molar-refractivity contribution in [1.82, 2.24) is 9.88 Å². The van der Waals surface area contributed by atoms with Crippen molar-refractivity contribution in [2.45, 2.75) is 26.9 Å². The molecule has 0 spiro atoms. The number of para-hydroxylation sites is 1. The van der Waals surface area contributed by atoms with Gasteiger partial charge in [0.1, 0.15) is 0 Å². The topological polar surface area (TPSA) is 34.0 Å². The molecule has 0 aliphatic rings. The van der Waals surface area contributed by atoms with Crippen LogP contribution < -0.4 is 5.32 Å². The summed E-state index contributed by atoms with van der Waals surface area (Å²) in [4.78, 5) is 12.7. The number of carbonyl (C=O) groups excluding carboxylic acids is 1. The molecule has 4 rings (SSSR count). The normalized spacial score (nSPS) is 10.1. The van der Waals surface area contributed by atoms with E-state index in [9.17, 15) is 13.6 Å². The fourth-order valence-corrected chi connectivity index (χ4v) is 3.16. The third kappa shape index (κ3) is 6.08. The zero-order chi connectivity index (χ0) is 21.5. The summed E-state index contributed by atoms with van der Waals surface area (Å²) in [5, 5.41) is 3.55. The van der Waals surface area contributed by atoms with Crippen LogP contribution in [0.2, 0.25) is 0 Å². The van der Waals surface area contributed by atoms with E-state index < -0.39 is 11.6 Å². The van der Waals surface area contributed by atoms with Gasteiger partial charge in [0, 0.05) is 45.8 Å². The first-order chi connectivity index (χ1) is 14.6. The molecule has 0 bridgehead atoms. The molecule has 0 unspecified atom stereocenters. The van der Waals surface area contributed by atoms with Gasteiger partial charge in [0.05, 0.1) is 0 Å².